The number of aryl methyl sites for hydroxylation is 2. The predicted octanol–water partition coefficient (Wildman–Crippen LogP) is 5.18. The summed E-state index contributed by atoms with van der Waals surface area (Å²) in [6.45, 7) is 6.71. The number of unbranched alkanes of at least 4 members (excludes halogenated alkanes) is 1. The number of nitrogens with zero attached hydrogens (tertiary/aromatic N) is 3. The molecule has 5 nitrogen and oxygen atoms in total. The second-order valence-electron chi connectivity index (χ2n) is 7.47. The lowest BCUT2D eigenvalue weighted by molar-refractivity contribution is 0.0999. The van der Waals surface area contributed by atoms with Crippen molar-refractivity contribution in [1.29, 1.82) is 5.26 Å². The zero-order valence-corrected chi connectivity index (χ0v) is 18.3. The fraction of sp³-hybridized carbons (Fsp3) is 0.292. The number of amides is 1. The van der Waals surface area contributed by atoms with Crippen LogP contribution >= 0.6 is 11.6 Å². The number of nitrogens with two attached hydrogens (primary N) is 1. The second-order valence-corrected chi connectivity index (χ2v) is 7.88. The van der Waals surface area contributed by atoms with Crippen LogP contribution in [-0.4, -0.2) is 15.7 Å². The Morgan fingerprint density at radius 3 is 2.63 bits per heavy atom. The molecule has 0 aliphatic rings. The number of hydrogen-bond acceptors (Lipinski definition) is 3. The van der Waals surface area contributed by atoms with Gasteiger partial charge in [0.05, 0.1) is 22.8 Å². The SMILES string of the molecule is CCCCc1cc(Cn2nc(C)c(-c3ccc(C#N)c(Cl)c3)c2C)ccc1C(N)=O. The van der Waals surface area contributed by atoms with Crippen molar-refractivity contribution in [3.8, 4) is 17.2 Å². The fourth-order valence-corrected chi connectivity index (χ4v) is 3.99. The molecule has 0 spiro atoms. The van der Waals surface area contributed by atoms with Crippen LogP contribution in [0.3, 0.4) is 0 Å². The highest BCUT2D eigenvalue weighted by molar-refractivity contribution is 6.32. The van der Waals surface area contributed by atoms with E-state index in [0.29, 0.717) is 22.7 Å². The Morgan fingerprint density at radius 1 is 1.23 bits per heavy atom. The molecule has 0 atom stereocenters. The van der Waals surface area contributed by atoms with Gasteiger partial charge in [0.15, 0.2) is 0 Å². The second kappa shape index (κ2) is 9.15. The van der Waals surface area contributed by atoms with Gasteiger partial charge in [0.1, 0.15) is 6.07 Å². The van der Waals surface area contributed by atoms with E-state index in [1.165, 1.54) is 0 Å². The van der Waals surface area contributed by atoms with E-state index in [4.69, 9.17) is 27.7 Å². The highest BCUT2D eigenvalue weighted by atomic mass is 35.5. The minimum absolute atomic E-state index is 0.390. The van der Waals surface area contributed by atoms with Gasteiger partial charge in [0.2, 0.25) is 5.91 Å². The molecule has 154 valence electrons. The minimum atomic E-state index is -0.390. The van der Waals surface area contributed by atoms with Gasteiger partial charge in [-0.25, -0.2) is 0 Å². The number of primary amides is 1. The van der Waals surface area contributed by atoms with Crippen molar-refractivity contribution in [2.45, 2.75) is 46.6 Å². The highest BCUT2D eigenvalue weighted by Crippen LogP contribution is 2.30. The van der Waals surface area contributed by atoms with Gasteiger partial charge in [0.25, 0.3) is 0 Å². The smallest absolute Gasteiger partial charge is 0.248 e. The highest BCUT2D eigenvalue weighted by Gasteiger charge is 2.16. The van der Waals surface area contributed by atoms with Crippen LogP contribution < -0.4 is 5.73 Å². The van der Waals surface area contributed by atoms with Crippen molar-refractivity contribution in [2.75, 3.05) is 0 Å². The largest absolute Gasteiger partial charge is 0.366 e. The van der Waals surface area contributed by atoms with Crippen LogP contribution in [0.25, 0.3) is 11.1 Å². The van der Waals surface area contributed by atoms with Gasteiger partial charge in [0, 0.05) is 16.8 Å². The Kier molecular flexibility index (Phi) is 6.59. The van der Waals surface area contributed by atoms with E-state index >= 15 is 0 Å². The molecule has 1 aromatic heterocycles. The average Bonchev–Trinajstić information content (AvgIpc) is 2.99. The maximum absolute atomic E-state index is 11.8. The summed E-state index contributed by atoms with van der Waals surface area (Å²) in [6, 6.07) is 13.3. The molecule has 0 fully saturated rings. The Balaban J connectivity index is 1.95. The number of carbonyl (C=O) groups is 1. The molecule has 30 heavy (non-hydrogen) atoms. The number of benzene rings is 2. The zero-order chi connectivity index (χ0) is 21.8. The molecule has 3 aromatic rings. The van der Waals surface area contributed by atoms with Crippen LogP contribution in [-0.2, 0) is 13.0 Å². The molecule has 3 rings (SSSR count). The van der Waals surface area contributed by atoms with Gasteiger partial charge in [-0.2, -0.15) is 10.4 Å². The fourth-order valence-electron chi connectivity index (χ4n) is 3.76. The van der Waals surface area contributed by atoms with Gasteiger partial charge in [-0.05, 0) is 61.6 Å². The molecule has 0 unspecified atom stereocenters. The molecule has 6 heteroatoms. The van der Waals surface area contributed by atoms with Crippen LogP contribution in [0, 0.1) is 25.2 Å². The van der Waals surface area contributed by atoms with Gasteiger partial charge in [-0.3, -0.25) is 9.48 Å². The van der Waals surface area contributed by atoms with Crippen molar-refractivity contribution in [1.82, 2.24) is 9.78 Å². The van der Waals surface area contributed by atoms with Crippen molar-refractivity contribution in [2.24, 2.45) is 5.73 Å². The third kappa shape index (κ3) is 4.39. The standard InChI is InChI=1S/C24H25ClN4O/c1-4-5-6-18-11-17(7-10-21(18)24(27)30)14-29-16(3)23(15(2)28-29)19-8-9-20(13-26)22(25)12-19/h7-12H,4-6,14H2,1-3H3,(H2,27,30). The van der Waals surface area contributed by atoms with Crippen LogP contribution in [0.2, 0.25) is 5.02 Å². The minimum Gasteiger partial charge on any atom is -0.366 e. The number of rotatable bonds is 7. The molecule has 2 aromatic carbocycles. The maximum atomic E-state index is 11.8. The van der Waals surface area contributed by atoms with Crippen LogP contribution in [0.5, 0.6) is 0 Å². The van der Waals surface area contributed by atoms with E-state index in [1.807, 2.05) is 42.8 Å². The number of hydrogen-bond donors (Lipinski definition) is 1. The summed E-state index contributed by atoms with van der Waals surface area (Å²) in [5.41, 5.74) is 12.5. The number of aromatic nitrogens is 2. The van der Waals surface area contributed by atoms with E-state index in [-0.39, 0.29) is 0 Å². The van der Waals surface area contributed by atoms with E-state index in [1.54, 1.807) is 6.07 Å². The van der Waals surface area contributed by atoms with Gasteiger partial charge in [-0.15, -0.1) is 0 Å². The van der Waals surface area contributed by atoms with Gasteiger partial charge >= 0.3 is 0 Å². The zero-order valence-electron chi connectivity index (χ0n) is 17.5. The average molecular weight is 421 g/mol. The Bertz CT molecular complexity index is 1140. The molecule has 0 radical (unpaired) electrons. The Hall–Kier alpha value is -3.10. The van der Waals surface area contributed by atoms with Crippen molar-refractivity contribution in [3.05, 3.63) is 75.1 Å². The molecule has 1 heterocycles. The Morgan fingerprint density at radius 2 is 2.00 bits per heavy atom. The summed E-state index contributed by atoms with van der Waals surface area (Å²) in [6.07, 6.45) is 2.89. The monoisotopic (exact) mass is 420 g/mol. The maximum Gasteiger partial charge on any atom is 0.248 e. The first-order valence-corrected chi connectivity index (χ1v) is 10.4. The van der Waals surface area contributed by atoms with Crippen molar-refractivity contribution < 1.29 is 4.79 Å². The molecular weight excluding hydrogens is 396 g/mol. The molecular formula is C24H25ClN4O. The lowest BCUT2D eigenvalue weighted by atomic mass is 9.98. The molecule has 0 saturated carbocycles. The van der Waals surface area contributed by atoms with E-state index in [9.17, 15) is 4.79 Å². The van der Waals surface area contributed by atoms with E-state index < -0.39 is 5.91 Å². The van der Waals surface area contributed by atoms with Gasteiger partial charge < -0.3 is 5.73 Å². The summed E-state index contributed by atoms with van der Waals surface area (Å²) in [4.78, 5) is 11.8. The molecule has 0 aliphatic heterocycles. The predicted molar refractivity (Wildman–Crippen MR) is 120 cm³/mol. The Labute approximate surface area is 182 Å². The molecule has 0 saturated heterocycles. The first kappa shape index (κ1) is 21.6. The first-order chi connectivity index (χ1) is 14.3. The molecule has 0 aliphatic carbocycles. The quantitative estimate of drug-likeness (QED) is 0.571. The lowest BCUT2D eigenvalue weighted by Gasteiger charge is -2.11. The van der Waals surface area contributed by atoms with Crippen LogP contribution in [0.15, 0.2) is 36.4 Å². The third-order valence-corrected chi connectivity index (χ3v) is 5.64. The number of nitriles is 1. The lowest BCUT2D eigenvalue weighted by Crippen LogP contribution is -2.14. The topological polar surface area (TPSA) is 84.7 Å². The molecule has 0 bridgehead atoms. The van der Waals surface area contributed by atoms with E-state index in [2.05, 4.69) is 19.1 Å². The first-order valence-electron chi connectivity index (χ1n) is 10.0. The van der Waals surface area contributed by atoms with E-state index in [0.717, 1.165) is 52.9 Å². The summed E-state index contributed by atoms with van der Waals surface area (Å²) in [7, 11) is 0. The van der Waals surface area contributed by atoms with Gasteiger partial charge in [-0.1, -0.05) is 43.1 Å². The summed E-state index contributed by atoms with van der Waals surface area (Å²) in [5.74, 6) is -0.390. The van der Waals surface area contributed by atoms with Crippen molar-refractivity contribution in [3.63, 3.8) is 0 Å². The van der Waals surface area contributed by atoms with Crippen molar-refractivity contribution >= 4 is 17.5 Å². The molecule has 1 amide bonds. The third-order valence-electron chi connectivity index (χ3n) is 5.33. The molecule has 2 N–H and O–H groups in total. The van der Waals surface area contributed by atoms with Crippen LogP contribution in [0.1, 0.15) is 58.2 Å². The summed E-state index contributed by atoms with van der Waals surface area (Å²) >= 11 is 6.23. The number of carbonyl (C=O) groups excluding carboxylic acids is 1. The summed E-state index contributed by atoms with van der Waals surface area (Å²) < 4.78 is 1.96. The normalized spacial score (nSPS) is 10.8. The summed E-state index contributed by atoms with van der Waals surface area (Å²) in [5, 5.41) is 14.3. The van der Waals surface area contributed by atoms with Crippen LogP contribution in [0.4, 0.5) is 0 Å². The number of halogens is 1.